The summed E-state index contributed by atoms with van der Waals surface area (Å²) in [6.45, 7) is -0.435. The number of hydrogen-bond donors (Lipinski definition) is 1. The monoisotopic (exact) mass is 201 g/mol. The van der Waals surface area contributed by atoms with Crippen LogP contribution in [0.2, 0.25) is 0 Å². The third-order valence-corrected chi connectivity index (χ3v) is 2.04. The zero-order chi connectivity index (χ0) is 10.1. The first-order valence-electron chi connectivity index (χ1n) is 3.95. The Morgan fingerprint density at radius 1 is 1.38 bits per heavy atom. The van der Waals surface area contributed by atoms with Crippen LogP contribution in [0.25, 0.3) is 0 Å². The Labute approximate surface area is 73.1 Å². The van der Waals surface area contributed by atoms with E-state index >= 15 is 0 Å². The van der Waals surface area contributed by atoms with Crippen molar-refractivity contribution in [3.63, 3.8) is 0 Å². The fourth-order valence-electron chi connectivity index (χ4n) is 1.29. The summed E-state index contributed by atoms with van der Waals surface area (Å²) in [5.41, 5.74) is 0. The van der Waals surface area contributed by atoms with E-state index in [1.807, 2.05) is 0 Å². The minimum absolute atomic E-state index is 0.0338. The first kappa shape index (κ1) is 10.7. The molecule has 1 heterocycles. The number of nitrogens with zero attached hydrogens (tertiary/aromatic N) is 1. The van der Waals surface area contributed by atoms with Gasteiger partial charge in [-0.15, -0.1) is 0 Å². The lowest BCUT2D eigenvalue weighted by Gasteiger charge is -2.39. The van der Waals surface area contributed by atoms with Crippen molar-refractivity contribution in [3.05, 3.63) is 0 Å². The summed E-state index contributed by atoms with van der Waals surface area (Å²) >= 11 is 0. The zero-order valence-corrected chi connectivity index (χ0v) is 6.89. The molecule has 0 bridgehead atoms. The summed E-state index contributed by atoms with van der Waals surface area (Å²) in [5.74, 6) is -3.96. The highest BCUT2D eigenvalue weighted by Gasteiger charge is 2.44. The number of hydrogen-bond acceptors (Lipinski definition) is 2. The Morgan fingerprint density at radius 3 is 2.31 bits per heavy atom. The van der Waals surface area contributed by atoms with Gasteiger partial charge >= 0.3 is 12.3 Å². The molecular weight excluding hydrogens is 190 g/mol. The lowest BCUT2D eigenvalue weighted by atomic mass is 10.0. The van der Waals surface area contributed by atoms with Crippen LogP contribution in [-0.4, -0.2) is 48.6 Å². The van der Waals surface area contributed by atoms with Gasteiger partial charge in [0, 0.05) is 25.6 Å². The maximum Gasteiger partial charge on any atom is 0.319 e. The molecule has 0 aromatic carbocycles. The van der Waals surface area contributed by atoms with Crippen LogP contribution >= 0.6 is 0 Å². The summed E-state index contributed by atoms with van der Waals surface area (Å²) in [4.78, 5) is 1.22. The molecule has 0 atom stereocenters. The highest BCUT2D eigenvalue weighted by Crippen LogP contribution is 2.27. The van der Waals surface area contributed by atoms with Gasteiger partial charge in [0.15, 0.2) is 0 Å². The van der Waals surface area contributed by atoms with Gasteiger partial charge in [0.2, 0.25) is 0 Å². The van der Waals surface area contributed by atoms with Gasteiger partial charge in [-0.2, -0.15) is 8.78 Å². The van der Waals surface area contributed by atoms with Gasteiger partial charge in [-0.3, -0.25) is 4.90 Å². The highest BCUT2D eigenvalue weighted by molar-refractivity contribution is 4.84. The minimum atomic E-state index is -3.93. The number of likely N-dealkylation sites (tertiary alicyclic amines) is 1. The molecular formula is C7H11F4NO. The van der Waals surface area contributed by atoms with E-state index < -0.39 is 18.9 Å². The molecule has 0 aromatic rings. The van der Waals surface area contributed by atoms with Crippen LogP contribution in [-0.2, 0) is 0 Å². The van der Waals surface area contributed by atoms with Crippen LogP contribution in [0.3, 0.4) is 0 Å². The molecule has 1 saturated heterocycles. The average Bonchev–Trinajstić information content (AvgIpc) is 1.95. The molecule has 0 radical (unpaired) electrons. The van der Waals surface area contributed by atoms with Crippen molar-refractivity contribution >= 4 is 0 Å². The fraction of sp³-hybridized carbons (Fsp3) is 1.00. The summed E-state index contributed by atoms with van der Waals surface area (Å²) < 4.78 is 48.2. The average molecular weight is 201 g/mol. The molecule has 0 saturated carbocycles. The Bertz CT molecular complexity index is 170. The van der Waals surface area contributed by atoms with Crippen molar-refractivity contribution in [2.75, 3.05) is 26.2 Å². The van der Waals surface area contributed by atoms with Crippen molar-refractivity contribution in [2.24, 2.45) is 5.92 Å². The second-order valence-electron chi connectivity index (χ2n) is 3.30. The van der Waals surface area contributed by atoms with Crippen LogP contribution in [0, 0.1) is 5.92 Å². The Morgan fingerprint density at radius 2 is 1.92 bits per heavy atom. The molecule has 2 nitrogen and oxygen atoms in total. The summed E-state index contributed by atoms with van der Waals surface area (Å²) in [6, 6.07) is 0. The van der Waals surface area contributed by atoms with Crippen LogP contribution in [0.15, 0.2) is 0 Å². The second-order valence-corrected chi connectivity index (χ2v) is 3.30. The van der Waals surface area contributed by atoms with Gasteiger partial charge in [0.05, 0.1) is 6.54 Å². The number of halogens is 4. The summed E-state index contributed by atoms with van der Waals surface area (Å²) in [7, 11) is 0. The van der Waals surface area contributed by atoms with E-state index in [1.54, 1.807) is 0 Å². The topological polar surface area (TPSA) is 23.5 Å². The molecule has 1 N–H and O–H groups in total. The lowest BCUT2D eigenvalue weighted by Crippen LogP contribution is -2.54. The van der Waals surface area contributed by atoms with Gasteiger partial charge in [0.1, 0.15) is 0 Å². The fourth-order valence-corrected chi connectivity index (χ4v) is 1.29. The highest BCUT2D eigenvalue weighted by atomic mass is 19.3. The molecule has 13 heavy (non-hydrogen) atoms. The van der Waals surface area contributed by atoms with Gasteiger partial charge in [0.25, 0.3) is 0 Å². The first-order chi connectivity index (χ1) is 5.95. The normalized spacial score (nSPS) is 20.8. The third-order valence-electron chi connectivity index (χ3n) is 2.04. The van der Waals surface area contributed by atoms with Gasteiger partial charge in [-0.25, -0.2) is 8.78 Å². The quantitative estimate of drug-likeness (QED) is 0.680. The van der Waals surface area contributed by atoms with Gasteiger partial charge in [-0.1, -0.05) is 0 Å². The zero-order valence-electron chi connectivity index (χ0n) is 6.89. The lowest BCUT2D eigenvalue weighted by molar-refractivity contribution is -0.154. The van der Waals surface area contributed by atoms with E-state index in [9.17, 15) is 17.6 Å². The van der Waals surface area contributed by atoms with E-state index in [4.69, 9.17) is 5.11 Å². The predicted molar refractivity (Wildman–Crippen MR) is 38.0 cm³/mol. The largest absolute Gasteiger partial charge is 0.396 e. The van der Waals surface area contributed by atoms with Crippen molar-refractivity contribution < 1.29 is 22.7 Å². The molecule has 0 aliphatic carbocycles. The van der Waals surface area contributed by atoms with E-state index in [0.717, 1.165) is 0 Å². The molecule has 78 valence electrons. The Hall–Kier alpha value is -0.360. The maximum atomic E-state index is 12.4. The SMILES string of the molecule is OCC1CN(CC(F)(F)C(F)F)C1. The molecule has 1 aliphatic rings. The van der Waals surface area contributed by atoms with Crippen LogP contribution < -0.4 is 0 Å². The first-order valence-corrected chi connectivity index (χ1v) is 3.95. The summed E-state index contributed by atoms with van der Waals surface area (Å²) in [6.07, 6.45) is -3.61. The molecule has 1 fully saturated rings. The van der Waals surface area contributed by atoms with E-state index in [2.05, 4.69) is 0 Å². The van der Waals surface area contributed by atoms with E-state index in [0.29, 0.717) is 0 Å². The number of alkyl halides is 4. The van der Waals surface area contributed by atoms with Gasteiger partial charge in [-0.05, 0) is 0 Å². The van der Waals surface area contributed by atoms with Gasteiger partial charge < -0.3 is 5.11 Å². The molecule has 0 spiro atoms. The number of aliphatic hydroxyl groups is 1. The molecule has 6 heteroatoms. The smallest absolute Gasteiger partial charge is 0.319 e. The standard InChI is InChI=1S/C7H11F4NO/c8-6(9)7(10,11)4-12-1-5(2-12)3-13/h5-6,13H,1-4H2. The Kier molecular flexibility index (Phi) is 3.13. The third kappa shape index (κ3) is 2.54. The molecule has 0 unspecified atom stereocenters. The van der Waals surface area contributed by atoms with E-state index in [1.165, 1.54) is 4.90 Å². The maximum absolute atomic E-state index is 12.4. The Balaban J connectivity index is 2.27. The molecule has 1 rings (SSSR count). The van der Waals surface area contributed by atoms with Crippen molar-refractivity contribution in [1.29, 1.82) is 0 Å². The van der Waals surface area contributed by atoms with Crippen molar-refractivity contribution in [1.82, 2.24) is 4.90 Å². The number of rotatable bonds is 4. The second kappa shape index (κ2) is 3.79. The minimum Gasteiger partial charge on any atom is -0.396 e. The van der Waals surface area contributed by atoms with Crippen LogP contribution in [0.4, 0.5) is 17.6 Å². The van der Waals surface area contributed by atoms with Crippen molar-refractivity contribution in [3.8, 4) is 0 Å². The summed E-state index contributed by atoms with van der Waals surface area (Å²) in [5, 5.41) is 8.55. The number of aliphatic hydroxyl groups excluding tert-OH is 1. The van der Waals surface area contributed by atoms with E-state index in [-0.39, 0.29) is 25.6 Å². The predicted octanol–water partition coefficient (Wildman–Crippen LogP) is 0.811. The van der Waals surface area contributed by atoms with Crippen LogP contribution in [0.1, 0.15) is 0 Å². The van der Waals surface area contributed by atoms with Crippen molar-refractivity contribution in [2.45, 2.75) is 12.3 Å². The molecule has 0 amide bonds. The molecule has 0 aromatic heterocycles. The molecule has 1 aliphatic heterocycles. The van der Waals surface area contributed by atoms with Crippen LogP contribution in [0.5, 0.6) is 0 Å².